The molecule has 0 spiro atoms. The van der Waals surface area contributed by atoms with Gasteiger partial charge in [0.25, 0.3) is 0 Å². The Bertz CT molecular complexity index is 555. The molecule has 0 aliphatic carbocycles. The van der Waals surface area contributed by atoms with Gasteiger partial charge >= 0.3 is 6.03 Å². The van der Waals surface area contributed by atoms with E-state index in [0.29, 0.717) is 19.1 Å². The molecule has 2 heterocycles. The second-order valence-electron chi connectivity index (χ2n) is 6.06. The van der Waals surface area contributed by atoms with Gasteiger partial charge in [0.1, 0.15) is 11.6 Å². The quantitative estimate of drug-likeness (QED) is 0.877. The van der Waals surface area contributed by atoms with Crippen LogP contribution in [-0.2, 0) is 6.54 Å². The van der Waals surface area contributed by atoms with Gasteiger partial charge in [-0.2, -0.15) is 0 Å². The molecule has 0 bridgehead atoms. The van der Waals surface area contributed by atoms with Gasteiger partial charge in [0, 0.05) is 50.9 Å². The molecule has 0 unspecified atom stereocenters. The molecule has 1 atom stereocenters. The Balaban J connectivity index is 1.47. The number of amides is 2. The molecule has 2 fully saturated rings. The first-order chi connectivity index (χ1) is 11.1. The molecular weight excluding hydrogens is 302 g/mol. The minimum Gasteiger partial charge on any atom is -0.334 e. The maximum absolute atomic E-state index is 13.5. The highest BCUT2D eigenvalue weighted by atomic mass is 19.1. The van der Waals surface area contributed by atoms with E-state index in [4.69, 9.17) is 0 Å². The second-order valence-corrected chi connectivity index (χ2v) is 6.06. The number of rotatable bonds is 3. The predicted molar refractivity (Wildman–Crippen MR) is 83.0 cm³/mol. The van der Waals surface area contributed by atoms with Crippen LogP contribution in [0.3, 0.4) is 0 Å². The molecule has 0 radical (unpaired) electrons. The van der Waals surface area contributed by atoms with Crippen LogP contribution in [0.4, 0.5) is 13.6 Å². The highest BCUT2D eigenvalue weighted by Gasteiger charge is 2.27. The van der Waals surface area contributed by atoms with Crippen molar-refractivity contribution in [2.45, 2.75) is 19.0 Å². The largest absolute Gasteiger partial charge is 0.334 e. The summed E-state index contributed by atoms with van der Waals surface area (Å²) in [6.45, 7) is 5.11. The van der Waals surface area contributed by atoms with Crippen molar-refractivity contribution in [2.24, 2.45) is 0 Å². The Morgan fingerprint density at radius 1 is 1.26 bits per heavy atom. The Kier molecular flexibility index (Phi) is 5.07. The van der Waals surface area contributed by atoms with Crippen molar-refractivity contribution in [3.63, 3.8) is 0 Å². The van der Waals surface area contributed by atoms with E-state index >= 15 is 0 Å². The van der Waals surface area contributed by atoms with Gasteiger partial charge in [0.2, 0.25) is 0 Å². The molecule has 0 saturated carbocycles. The van der Waals surface area contributed by atoms with Crippen LogP contribution in [0.15, 0.2) is 18.2 Å². The summed E-state index contributed by atoms with van der Waals surface area (Å²) in [7, 11) is 0. The lowest BCUT2D eigenvalue weighted by Crippen LogP contribution is -2.54. The molecule has 7 heteroatoms. The molecule has 2 saturated heterocycles. The van der Waals surface area contributed by atoms with Crippen molar-refractivity contribution in [3.05, 3.63) is 35.4 Å². The van der Waals surface area contributed by atoms with Crippen LogP contribution in [0, 0.1) is 11.6 Å². The van der Waals surface area contributed by atoms with E-state index in [2.05, 4.69) is 15.5 Å². The number of benzene rings is 1. The monoisotopic (exact) mass is 324 g/mol. The first kappa shape index (κ1) is 16.1. The average Bonchev–Trinajstić information content (AvgIpc) is 3.10. The average molecular weight is 324 g/mol. The fraction of sp³-hybridized carbons (Fsp3) is 0.562. The van der Waals surface area contributed by atoms with Crippen LogP contribution >= 0.6 is 0 Å². The van der Waals surface area contributed by atoms with E-state index in [1.165, 1.54) is 0 Å². The van der Waals surface area contributed by atoms with Gasteiger partial charge in [0.05, 0.1) is 0 Å². The van der Waals surface area contributed by atoms with Crippen molar-refractivity contribution in [3.8, 4) is 0 Å². The van der Waals surface area contributed by atoms with Crippen molar-refractivity contribution < 1.29 is 13.6 Å². The number of halogens is 2. The molecule has 23 heavy (non-hydrogen) atoms. The van der Waals surface area contributed by atoms with Crippen LogP contribution in [0.2, 0.25) is 0 Å². The van der Waals surface area contributed by atoms with E-state index in [9.17, 15) is 13.6 Å². The summed E-state index contributed by atoms with van der Waals surface area (Å²) in [6, 6.07) is 3.60. The molecule has 1 aromatic rings. The smallest absolute Gasteiger partial charge is 0.317 e. The third kappa shape index (κ3) is 3.97. The van der Waals surface area contributed by atoms with Gasteiger partial charge in [-0.05, 0) is 31.2 Å². The highest BCUT2D eigenvalue weighted by molar-refractivity contribution is 5.74. The second kappa shape index (κ2) is 7.23. The molecule has 5 nitrogen and oxygen atoms in total. The topological polar surface area (TPSA) is 47.6 Å². The van der Waals surface area contributed by atoms with Gasteiger partial charge in [-0.15, -0.1) is 0 Å². The fourth-order valence-electron chi connectivity index (χ4n) is 3.20. The van der Waals surface area contributed by atoms with Gasteiger partial charge in [-0.25, -0.2) is 13.6 Å². The van der Waals surface area contributed by atoms with Gasteiger partial charge in [-0.1, -0.05) is 0 Å². The summed E-state index contributed by atoms with van der Waals surface area (Å²) in [5.41, 5.74) is 0.161. The van der Waals surface area contributed by atoms with E-state index in [-0.39, 0.29) is 18.1 Å². The van der Waals surface area contributed by atoms with Gasteiger partial charge in [0.15, 0.2) is 0 Å². The van der Waals surface area contributed by atoms with Crippen molar-refractivity contribution in [1.82, 2.24) is 20.4 Å². The zero-order chi connectivity index (χ0) is 16.2. The number of nitrogens with zero attached hydrogens (tertiary/aromatic N) is 2. The Hall–Kier alpha value is -1.73. The number of hydrogen-bond donors (Lipinski definition) is 2. The minimum absolute atomic E-state index is 0.00478. The van der Waals surface area contributed by atoms with Crippen molar-refractivity contribution in [1.29, 1.82) is 0 Å². The highest BCUT2D eigenvalue weighted by Crippen LogP contribution is 2.13. The summed E-state index contributed by atoms with van der Waals surface area (Å²) < 4.78 is 26.7. The predicted octanol–water partition coefficient (Wildman–Crippen LogP) is 1.15. The van der Waals surface area contributed by atoms with Crippen LogP contribution in [0.1, 0.15) is 12.0 Å². The molecule has 3 rings (SSSR count). The number of nitrogens with one attached hydrogen (secondary N) is 2. The lowest BCUT2D eigenvalue weighted by molar-refractivity contribution is 0.114. The van der Waals surface area contributed by atoms with Gasteiger partial charge < -0.3 is 15.5 Å². The lowest BCUT2D eigenvalue weighted by Gasteiger charge is -2.37. The standard InChI is InChI=1S/C16H22F2N4O/c17-13-1-2-15(18)12(9-13)10-20-16(23)22-7-5-21(6-8-22)14-3-4-19-11-14/h1-2,9,14,19H,3-8,10-11H2,(H,20,23)/t14-/m0/s1. The molecule has 2 aliphatic heterocycles. The van der Waals surface area contributed by atoms with Gasteiger partial charge in [-0.3, -0.25) is 4.90 Å². The summed E-state index contributed by atoms with van der Waals surface area (Å²) >= 11 is 0. The fourth-order valence-corrected chi connectivity index (χ4v) is 3.20. The van der Waals surface area contributed by atoms with Crippen molar-refractivity contribution >= 4 is 6.03 Å². The lowest BCUT2D eigenvalue weighted by atomic mass is 10.2. The molecule has 1 aromatic carbocycles. The van der Waals surface area contributed by atoms with Crippen LogP contribution in [-0.4, -0.2) is 61.1 Å². The summed E-state index contributed by atoms with van der Waals surface area (Å²) in [4.78, 5) is 16.3. The summed E-state index contributed by atoms with van der Waals surface area (Å²) in [6.07, 6.45) is 1.16. The number of hydrogen-bond acceptors (Lipinski definition) is 3. The maximum atomic E-state index is 13.5. The number of carbonyl (C=O) groups excluding carboxylic acids is 1. The zero-order valence-corrected chi connectivity index (χ0v) is 13.0. The maximum Gasteiger partial charge on any atom is 0.317 e. The third-order valence-corrected chi connectivity index (χ3v) is 4.59. The van der Waals surface area contributed by atoms with E-state index in [0.717, 1.165) is 50.8 Å². The first-order valence-corrected chi connectivity index (χ1v) is 8.05. The van der Waals surface area contributed by atoms with Crippen molar-refractivity contribution in [2.75, 3.05) is 39.3 Å². The Morgan fingerprint density at radius 2 is 2.04 bits per heavy atom. The number of piperazine rings is 1. The zero-order valence-electron chi connectivity index (χ0n) is 13.0. The normalized spacial score (nSPS) is 22.3. The third-order valence-electron chi connectivity index (χ3n) is 4.59. The Labute approximate surface area is 134 Å². The summed E-state index contributed by atoms with van der Waals surface area (Å²) in [5.74, 6) is -1.01. The summed E-state index contributed by atoms with van der Waals surface area (Å²) in [5, 5.41) is 6.02. The number of urea groups is 1. The first-order valence-electron chi connectivity index (χ1n) is 8.05. The SMILES string of the molecule is O=C(NCc1cc(F)ccc1F)N1CCN([C@H]2CCNC2)CC1. The minimum atomic E-state index is -0.509. The number of carbonyl (C=O) groups is 1. The molecule has 2 amide bonds. The molecule has 126 valence electrons. The van der Waals surface area contributed by atoms with E-state index in [1.807, 2.05) is 0 Å². The van der Waals surface area contributed by atoms with Crippen LogP contribution in [0.25, 0.3) is 0 Å². The Morgan fingerprint density at radius 3 is 2.74 bits per heavy atom. The molecule has 2 aliphatic rings. The van der Waals surface area contributed by atoms with E-state index in [1.54, 1.807) is 4.90 Å². The molecular formula is C16H22F2N4O. The van der Waals surface area contributed by atoms with Crippen LogP contribution in [0.5, 0.6) is 0 Å². The van der Waals surface area contributed by atoms with E-state index < -0.39 is 11.6 Å². The molecule has 2 N–H and O–H groups in total. The van der Waals surface area contributed by atoms with Crippen LogP contribution < -0.4 is 10.6 Å². The molecule has 0 aromatic heterocycles.